The molecule has 418 valence electrons. The third-order valence-electron chi connectivity index (χ3n) is 16.5. The zero-order valence-electron chi connectivity index (χ0n) is 49.3. The number of pyridine rings is 8. The van der Waals surface area contributed by atoms with Gasteiger partial charge in [-0.3, -0.25) is 19.6 Å². The molecule has 0 N–H and O–H groups in total. The first kappa shape index (κ1) is 54.9. The lowest BCUT2D eigenvalue weighted by Crippen LogP contribution is -2.21. The van der Waals surface area contributed by atoms with E-state index in [0.29, 0.717) is 0 Å². The van der Waals surface area contributed by atoms with Crippen molar-refractivity contribution in [1.29, 1.82) is 0 Å². The summed E-state index contributed by atoms with van der Waals surface area (Å²) in [6, 6.07) is 47.7. The van der Waals surface area contributed by atoms with Gasteiger partial charge in [-0.1, -0.05) is 128 Å². The maximum Gasteiger partial charge on any atom is 0.141 e. The van der Waals surface area contributed by atoms with E-state index in [1.807, 2.05) is 98.1 Å². The summed E-state index contributed by atoms with van der Waals surface area (Å²) in [4.78, 5) is 51.8. The van der Waals surface area contributed by atoms with Crippen LogP contribution in [0.1, 0.15) is 99.9 Å². The quantitative estimate of drug-likeness (QED) is 0.0677. The molecule has 0 fully saturated rings. The topological polar surface area (TPSA) is 116 Å². The SMILES string of the molecule is CCc1cccnc1N(c1ncccc1CC)c1cc(N(c2ncccc2CC)c2ncccc2CC)c2ccc3c(N(c4ncccc4CC)c4ncccc4CC)cc(N(c4ncccc4CC)c4ncccc4CC)c4ccc1c2c43. The molecule has 0 atom stereocenters. The Morgan fingerprint density at radius 3 is 0.524 bits per heavy atom. The Morgan fingerprint density at radius 1 is 0.226 bits per heavy atom. The standard InChI is InChI=1S/C72H70N12/c1-9-47-25-17-37-73-65(47)81(66-48(10-2)26-18-38-74-66)59-45-60(82(67-49(11-3)27-19-39-75-67)68-50(12-4)28-20-40-76-68)56-35-36-58-62(84(71-53(15-7)31-23-43-79-71)72-54(16-8)32-24-44-80-72)46-61(57-34-33-55(59)63(56)64(57)58)83(69-51(13-5)29-21-41-77-69)70-52(14-6)30-22-42-78-70/h17-46H,9-16H2,1-8H3. The van der Waals surface area contributed by atoms with E-state index in [1.54, 1.807) is 0 Å². The van der Waals surface area contributed by atoms with Gasteiger partial charge in [0.05, 0.1) is 22.7 Å². The van der Waals surface area contributed by atoms with Crippen molar-refractivity contribution in [2.75, 3.05) is 19.6 Å². The van der Waals surface area contributed by atoms with Crippen molar-refractivity contribution in [2.45, 2.75) is 107 Å². The van der Waals surface area contributed by atoms with Crippen molar-refractivity contribution < 1.29 is 0 Å². The first-order chi connectivity index (χ1) is 41.4. The normalized spacial score (nSPS) is 11.5. The van der Waals surface area contributed by atoms with Crippen LogP contribution in [0.15, 0.2) is 183 Å². The fourth-order valence-electron chi connectivity index (χ4n) is 12.2. The summed E-state index contributed by atoms with van der Waals surface area (Å²) in [6.07, 6.45) is 21.2. The van der Waals surface area contributed by atoms with Gasteiger partial charge in [0.15, 0.2) is 0 Å². The molecule has 0 saturated carbocycles. The molecule has 4 aromatic carbocycles. The van der Waals surface area contributed by atoms with Gasteiger partial charge in [-0.05, 0) is 157 Å². The Labute approximate surface area is 493 Å². The second-order valence-corrected chi connectivity index (χ2v) is 21.0. The minimum atomic E-state index is 0.750. The molecule has 0 radical (unpaired) electrons. The van der Waals surface area contributed by atoms with E-state index in [1.165, 1.54) is 0 Å². The van der Waals surface area contributed by atoms with Gasteiger partial charge in [-0.15, -0.1) is 0 Å². The van der Waals surface area contributed by atoms with Crippen molar-refractivity contribution >= 4 is 102 Å². The van der Waals surface area contributed by atoms with Gasteiger partial charge in [0.2, 0.25) is 0 Å². The largest absolute Gasteiger partial charge is 0.278 e. The summed E-state index contributed by atoms with van der Waals surface area (Å²) >= 11 is 0. The molecule has 8 aromatic heterocycles. The van der Waals surface area contributed by atoms with E-state index < -0.39 is 0 Å². The minimum absolute atomic E-state index is 0.750. The Bertz CT molecular complexity index is 3600. The summed E-state index contributed by atoms with van der Waals surface area (Å²) < 4.78 is 0. The van der Waals surface area contributed by atoms with Gasteiger partial charge >= 0.3 is 0 Å². The van der Waals surface area contributed by atoms with Gasteiger partial charge in [-0.25, -0.2) is 39.9 Å². The second kappa shape index (κ2) is 24.0. The van der Waals surface area contributed by atoms with Crippen LogP contribution in [0.3, 0.4) is 0 Å². The predicted molar refractivity (Wildman–Crippen MR) is 346 cm³/mol. The van der Waals surface area contributed by atoms with Crippen LogP contribution in [0.2, 0.25) is 0 Å². The van der Waals surface area contributed by atoms with E-state index in [0.717, 1.165) is 197 Å². The molecule has 0 aliphatic heterocycles. The third kappa shape index (κ3) is 9.54. The van der Waals surface area contributed by atoms with Gasteiger partial charge in [0.1, 0.15) is 46.5 Å². The zero-order chi connectivity index (χ0) is 57.8. The van der Waals surface area contributed by atoms with Crippen LogP contribution < -0.4 is 19.6 Å². The summed E-state index contributed by atoms with van der Waals surface area (Å²) in [6.45, 7) is 17.6. The Balaban J connectivity index is 1.36. The minimum Gasteiger partial charge on any atom is -0.278 e. The van der Waals surface area contributed by atoms with Crippen LogP contribution >= 0.6 is 0 Å². The number of benzene rings is 4. The van der Waals surface area contributed by atoms with Gasteiger partial charge in [-0.2, -0.15) is 0 Å². The molecule has 8 heterocycles. The predicted octanol–water partition coefficient (Wildman–Crippen LogP) is 18.1. The van der Waals surface area contributed by atoms with E-state index >= 15 is 0 Å². The van der Waals surface area contributed by atoms with Crippen molar-refractivity contribution in [3.63, 3.8) is 0 Å². The number of aromatic nitrogens is 8. The van der Waals surface area contributed by atoms with Crippen molar-refractivity contribution in [1.82, 2.24) is 39.9 Å². The van der Waals surface area contributed by atoms with Crippen molar-refractivity contribution in [2.24, 2.45) is 0 Å². The lowest BCUT2D eigenvalue weighted by Gasteiger charge is -2.34. The highest BCUT2D eigenvalue weighted by Gasteiger charge is 2.34. The fourth-order valence-corrected chi connectivity index (χ4v) is 12.2. The molecule has 0 bridgehead atoms. The number of aryl methyl sites for hydroxylation is 8. The van der Waals surface area contributed by atoms with Gasteiger partial charge < -0.3 is 0 Å². The van der Waals surface area contributed by atoms with Crippen LogP contribution in [0.4, 0.5) is 69.3 Å². The highest BCUT2D eigenvalue weighted by atomic mass is 15.3. The Morgan fingerprint density at radius 2 is 0.381 bits per heavy atom. The summed E-state index contributed by atoms with van der Waals surface area (Å²) in [5.41, 5.74) is 12.4. The molecular weight excluding hydrogens is 1030 g/mol. The number of hydrogen-bond donors (Lipinski definition) is 0. The van der Waals surface area contributed by atoms with Gasteiger partial charge in [0.25, 0.3) is 0 Å². The van der Waals surface area contributed by atoms with Crippen LogP contribution in [-0.2, 0) is 51.4 Å². The highest BCUT2D eigenvalue weighted by Crippen LogP contribution is 2.55. The van der Waals surface area contributed by atoms with Crippen molar-refractivity contribution in [3.05, 3.63) is 228 Å². The second-order valence-electron chi connectivity index (χ2n) is 21.0. The molecule has 0 amide bonds. The van der Waals surface area contributed by atoms with E-state index in [-0.39, 0.29) is 0 Å². The first-order valence-corrected chi connectivity index (χ1v) is 29.9. The lowest BCUT2D eigenvalue weighted by atomic mass is 9.89. The fraction of sp³-hybridized carbons (Fsp3) is 0.222. The van der Waals surface area contributed by atoms with E-state index in [2.05, 4.69) is 160 Å². The smallest absolute Gasteiger partial charge is 0.141 e. The molecule has 84 heavy (non-hydrogen) atoms. The molecule has 12 rings (SSSR count). The number of nitrogens with zero attached hydrogens (tertiary/aromatic N) is 12. The van der Waals surface area contributed by atoms with Gasteiger partial charge in [0, 0.05) is 81.9 Å². The van der Waals surface area contributed by atoms with Crippen molar-refractivity contribution in [3.8, 4) is 0 Å². The van der Waals surface area contributed by atoms with Crippen LogP contribution in [0, 0.1) is 0 Å². The number of rotatable bonds is 20. The van der Waals surface area contributed by atoms with Crippen LogP contribution in [0.5, 0.6) is 0 Å². The molecule has 12 aromatic rings. The summed E-state index contributed by atoms with van der Waals surface area (Å²) in [5, 5.41) is 6.15. The molecule has 12 heteroatoms. The third-order valence-corrected chi connectivity index (χ3v) is 16.5. The van der Waals surface area contributed by atoms with Crippen LogP contribution in [0.25, 0.3) is 32.3 Å². The Hall–Kier alpha value is -9.68. The molecule has 0 unspecified atom stereocenters. The van der Waals surface area contributed by atoms with Crippen LogP contribution in [-0.4, -0.2) is 39.9 Å². The highest BCUT2D eigenvalue weighted by molar-refractivity contribution is 6.33. The molecule has 12 nitrogen and oxygen atoms in total. The van der Waals surface area contributed by atoms with E-state index in [9.17, 15) is 0 Å². The monoisotopic (exact) mass is 1100 g/mol. The lowest BCUT2D eigenvalue weighted by molar-refractivity contribution is 1.01. The maximum atomic E-state index is 5.31. The molecular formula is C72H70N12. The molecule has 0 spiro atoms. The average Bonchev–Trinajstić information content (AvgIpc) is 1.02. The molecule has 0 aliphatic rings. The van der Waals surface area contributed by atoms with E-state index in [4.69, 9.17) is 39.9 Å². The summed E-state index contributed by atoms with van der Waals surface area (Å²) in [7, 11) is 0. The zero-order valence-corrected chi connectivity index (χ0v) is 49.3. The first-order valence-electron chi connectivity index (χ1n) is 29.9. The maximum absolute atomic E-state index is 5.31. The summed E-state index contributed by atoms with van der Waals surface area (Å²) in [5.74, 6) is 6.50. The molecule has 0 aliphatic carbocycles. The molecule has 0 saturated heterocycles. The number of hydrogen-bond acceptors (Lipinski definition) is 12. The Kier molecular flexibility index (Phi) is 15.7. The number of anilines is 12. The average molecular weight is 1100 g/mol.